The van der Waals surface area contributed by atoms with Gasteiger partial charge in [0.1, 0.15) is 0 Å². The van der Waals surface area contributed by atoms with E-state index in [0.717, 1.165) is 0 Å². The summed E-state index contributed by atoms with van der Waals surface area (Å²) in [5, 5.41) is 22.2. The maximum atomic E-state index is 10.8. The van der Waals surface area contributed by atoms with Crippen LogP contribution in [-0.2, 0) is 11.3 Å². The van der Waals surface area contributed by atoms with Crippen LogP contribution in [0.1, 0.15) is 25.6 Å². The van der Waals surface area contributed by atoms with Crippen LogP contribution < -0.4 is 5.32 Å². The van der Waals surface area contributed by atoms with Gasteiger partial charge in [0.05, 0.1) is 0 Å². The lowest BCUT2D eigenvalue weighted by Crippen LogP contribution is -2.10. The zero-order valence-corrected chi connectivity index (χ0v) is 10.3. The number of hydrogen-bond donors (Lipinski definition) is 2. The van der Waals surface area contributed by atoms with Crippen molar-refractivity contribution < 1.29 is 14.8 Å². The van der Waals surface area contributed by atoms with Gasteiger partial charge in [-0.15, -0.1) is 0 Å². The smallest absolute Gasteiger partial charge is 0.406 e. The molecule has 0 aliphatic heterocycles. The summed E-state index contributed by atoms with van der Waals surface area (Å²) in [5.74, 6) is -0.202. The van der Waals surface area contributed by atoms with Gasteiger partial charge in [-0.25, -0.2) is 0 Å². The fourth-order valence-corrected chi connectivity index (χ4v) is 1.68. The van der Waals surface area contributed by atoms with Gasteiger partial charge in [-0.3, -0.25) is 9.36 Å². The molecular formula is C10H16N4O4. The van der Waals surface area contributed by atoms with Crippen LogP contribution in [-0.4, -0.2) is 32.1 Å². The minimum Gasteiger partial charge on any atom is -0.481 e. The number of carboxylic acid groups (broad SMARTS) is 1. The van der Waals surface area contributed by atoms with Crippen molar-refractivity contribution in [3.63, 3.8) is 0 Å². The number of nitrogens with zero attached hydrogens (tertiary/aromatic N) is 3. The molecule has 0 aliphatic rings. The summed E-state index contributed by atoms with van der Waals surface area (Å²) in [6, 6.07) is 0. The monoisotopic (exact) mass is 256 g/mol. The zero-order valence-electron chi connectivity index (χ0n) is 10.3. The Morgan fingerprint density at radius 3 is 2.78 bits per heavy atom. The number of rotatable bonds is 7. The molecule has 0 aliphatic carbocycles. The van der Waals surface area contributed by atoms with E-state index in [0.29, 0.717) is 31.2 Å². The summed E-state index contributed by atoms with van der Waals surface area (Å²) in [7, 11) is 0. The SMILES string of the molecule is CCn1c(C)nc([N+](=O)[O-])c1NCCCC(=O)O. The molecule has 1 heterocycles. The van der Waals surface area contributed by atoms with Gasteiger partial charge in [-0.2, -0.15) is 0 Å². The highest BCUT2D eigenvalue weighted by atomic mass is 16.6. The first-order chi connectivity index (χ1) is 8.47. The highest BCUT2D eigenvalue weighted by Gasteiger charge is 2.24. The molecule has 0 fully saturated rings. The minimum atomic E-state index is -0.883. The van der Waals surface area contributed by atoms with Crippen molar-refractivity contribution in [3.05, 3.63) is 15.9 Å². The number of aryl methyl sites for hydroxylation is 1. The lowest BCUT2D eigenvalue weighted by atomic mass is 10.3. The predicted octanol–water partition coefficient (Wildman–Crippen LogP) is 1.40. The standard InChI is InChI=1S/C10H16N4O4/c1-3-13-7(2)12-10(14(17)18)9(13)11-6-4-5-8(15)16/h11H,3-6H2,1-2H3,(H,15,16). The Hall–Kier alpha value is -2.12. The Kier molecular flexibility index (Phi) is 4.64. The second kappa shape index (κ2) is 5.99. The van der Waals surface area contributed by atoms with E-state index in [1.54, 1.807) is 11.5 Å². The highest BCUT2D eigenvalue weighted by molar-refractivity contribution is 5.66. The molecular weight excluding hydrogens is 240 g/mol. The molecule has 0 saturated heterocycles. The second-order valence-corrected chi connectivity index (χ2v) is 3.76. The van der Waals surface area contributed by atoms with Crippen molar-refractivity contribution in [1.82, 2.24) is 9.55 Å². The normalized spacial score (nSPS) is 10.3. The van der Waals surface area contributed by atoms with Crippen LogP contribution in [0.15, 0.2) is 0 Å². The van der Waals surface area contributed by atoms with Gasteiger partial charge in [0.15, 0.2) is 0 Å². The van der Waals surface area contributed by atoms with Crippen LogP contribution >= 0.6 is 0 Å². The quantitative estimate of drug-likeness (QED) is 0.433. The number of carbonyl (C=O) groups is 1. The molecule has 18 heavy (non-hydrogen) atoms. The van der Waals surface area contributed by atoms with E-state index in [1.807, 2.05) is 6.92 Å². The molecule has 0 amide bonds. The van der Waals surface area contributed by atoms with Crippen LogP contribution in [0.2, 0.25) is 0 Å². The minimum absolute atomic E-state index is 0.0278. The molecule has 2 N–H and O–H groups in total. The van der Waals surface area contributed by atoms with E-state index in [-0.39, 0.29) is 12.2 Å². The van der Waals surface area contributed by atoms with Gasteiger partial charge in [0.2, 0.25) is 11.6 Å². The topological polar surface area (TPSA) is 110 Å². The Morgan fingerprint density at radius 2 is 2.28 bits per heavy atom. The van der Waals surface area contributed by atoms with Crippen LogP contribution in [0, 0.1) is 17.0 Å². The van der Waals surface area contributed by atoms with E-state index in [1.165, 1.54) is 0 Å². The van der Waals surface area contributed by atoms with Crippen LogP contribution in [0.25, 0.3) is 0 Å². The molecule has 0 radical (unpaired) electrons. The number of nitro groups is 1. The van der Waals surface area contributed by atoms with Crippen molar-refractivity contribution in [2.45, 2.75) is 33.2 Å². The first kappa shape index (κ1) is 13.9. The van der Waals surface area contributed by atoms with Crippen LogP contribution in [0.5, 0.6) is 0 Å². The molecule has 8 nitrogen and oxygen atoms in total. The molecule has 0 atom stereocenters. The maximum Gasteiger partial charge on any atom is 0.406 e. The molecule has 1 aromatic rings. The molecule has 0 bridgehead atoms. The second-order valence-electron chi connectivity index (χ2n) is 3.76. The van der Waals surface area contributed by atoms with Crippen LogP contribution in [0.4, 0.5) is 11.6 Å². The summed E-state index contributed by atoms with van der Waals surface area (Å²) in [4.78, 5) is 24.5. The van der Waals surface area contributed by atoms with E-state index in [4.69, 9.17) is 5.11 Å². The Labute approximate surface area is 104 Å². The molecule has 0 unspecified atom stereocenters. The van der Waals surface area contributed by atoms with Gasteiger partial charge in [-0.05, 0) is 23.3 Å². The summed E-state index contributed by atoms with van der Waals surface area (Å²) >= 11 is 0. The van der Waals surface area contributed by atoms with Crippen molar-refractivity contribution in [3.8, 4) is 0 Å². The molecule has 0 spiro atoms. The number of carboxylic acids is 1. The first-order valence-corrected chi connectivity index (χ1v) is 5.64. The Bertz CT molecular complexity index is 455. The summed E-state index contributed by atoms with van der Waals surface area (Å²) < 4.78 is 1.69. The third-order valence-corrected chi connectivity index (χ3v) is 2.49. The first-order valence-electron chi connectivity index (χ1n) is 5.64. The summed E-state index contributed by atoms with van der Waals surface area (Å²) in [6.45, 7) is 4.48. The average Bonchev–Trinajstić information content (AvgIpc) is 2.61. The number of anilines is 1. The Morgan fingerprint density at radius 1 is 1.61 bits per heavy atom. The van der Waals surface area contributed by atoms with Gasteiger partial charge >= 0.3 is 11.8 Å². The fraction of sp³-hybridized carbons (Fsp3) is 0.600. The van der Waals surface area contributed by atoms with E-state index >= 15 is 0 Å². The van der Waals surface area contributed by atoms with Crippen molar-refractivity contribution in [1.29, 1.82) is 0 Å². The van der Waals surface area contributed by atoms with Gasteiger partial charge in [0.25, 0.3) is 0 Å². The number of aliphatic carboxylic acids is 1. The van der Waals surface area contributed by atoms with E-state index in [9.17, 15) is 14.9 Å². The average molecular weight is 256 g/mol. The number of hydrogen-bond acceptors (Lipinski definition) is 5. The summed E-state index contributed by atoms with van der Waals surface area (Å²) in [6.07, 6.45) is 0.431. The maximum absolute atomic E-state index is 10.8. The van der Waals surface area contributed by atoms with Gasteiger partial charge < -0.3 is 20.5 Å². The van der Waals surface area contributed by atoms with Crippen molar-refractivity contribution >= 4 is 17.6 Å². The van der Waals surface area contributed by atoms with Crippen LogP contribution in [0.3, 0.4) is 0 Å². The largest absolute Gasteiger partial charge is 0.481 e. The number of aromatic nitrogens is 2. The number of nitrogens with one attached hydrogen (secondary N) is 1. The summed E-state index contributed by atoms with van der Waals surface area (Å²) in [5.41, 5.74) is 0. The molecule has 100 valence electrons. The number of imidazole rings is 1. The zero-order chi connectivity index (χ0) is 13.7. The predicted molar refractivity (Wildman–Crippen MR) is 64.7 cm³/mol. The lowest BCUT2D eigenvalue weighted by Gasteiger charge is -2.07. The van der Waals surface area contributed by atoms with Crippen molar-refractivity contribution in [2.24, 2.45) is 0 Å². The lowest BCUT2D eigenvalue weighted by molar-refractivity contribution is -0.388. The molecule has 0 aromatic carbocycles. The molecule has 1 aromatic heterocycles. The molecule has 1 rings (SSSR count). The third-order valence-electron chi connectivity index (χ3n) is 2.49. The third kappa shape index (κ3) is 3.19. The highest BCUT2D eigenvalue weighted by Crippen LogP contribution is 2.24. The van der Waals surface area contributed by atoms with Crippen molar-refractivity contribution in [2.75, 3.05) is 11.9 Å². The van der Waals surface area contributed by atoms with E-state index < -0.39 is 10.9 Å². The molecule has 8 heteroatoms. The Balaban J connectivity index is 2.78. The fourth-order valence-electron chi connectivity index (χ4n) is 1.68. The van der Waals surface area contributed by atoms with Gasteiger partial charge in [0, 0.05) is 26.4 Å². The van der Waals surface area contributed by atoms with Gasteiger partial charge in [-0.1, -0.05) is 0 Å². The van der Waals surface area contributed by atoms with E-state index in [2.05, 4.69) is 10.3 Å². The molecule has 0 saturated carbocycles.